The third-order valence-electron chi connectivity index (χ3n) is 4.24. The molecular formula is C18H21FN4O. The molecule has 0 unspecified atom stereocenters. The summed E-state index contributed by atoms with van der Waals surface area (Å²) in [6.07, 6.45) is 5.57. The number of benzene rings is 1. The molecule has 1 aliphatic rings. The van der Waals surface area contributed by atoms with Crippen LogP contribution in [0.2, 0.25) is 0 Å². The second kappa shape index (κ2) is 7.86. The van der Waals surface area contributed by atoms with Gasteiger partial charge in [-0.25, -0.2) is 14.4 Å². The van der Waals surface area contributed by atoms with Crippen LogP contribution in [0.15, 0.2) is 42.7 Å². The van der Waals surface area contributed by atoms with Crippen molar-refractivity contribution in [2.75, 3.05) is 31.1 Å². The largest absolute Gasteiger partial charge is 0.339 e. The van der Waals surface area contributed by atoms with E-state index in [1.165, 1.54) is 12.1 Å². The highest BCUT2D eigenvalue weighted by molar-refractivity contribution is 5.76. The van der Waals surface area contributed by atoms with E-state index in [4.69, 9.17) is 0 Å². The number of hydrogen-bond acceptors (Lipinski definition) is 4. The molecular weight excluding hydrogens is 307 g/mol. The molecule has 1 aromatic heterocycles. The summed E-state index contributed by atoms with van der Waals surface area (Å²) in [6, 6.07) is 8.27. The highest BCUT2D eigenvalue weighted by Crippen LogP contribution is 2.12. The van der Waals surface area contributed by atoms with Crippen LogP contribution in [0.3, 0.4) is 0 Å². The van der Waals surface area contributed by atoms with E-state index < -0.39 is 0 Å². The third kappa shape index (κ3) is 4.28. The van der Waals surface area contributed by atoms with Crippen LogP contribution in [0.25, 0.3) is 0 Å². The van der Waals surface area contributed by atoms with Crippen molar-refractivity contribution in [1.29, 1.82) is 0 Å². The van der Waals surface area contributed by atoms with Crippen molar-refractivity contribution < 1.29 is 9.18 Å². The molecule has 126 valence electrons. The van der Waals surface area contributed by atoms with E-state index in [1.807, 2.05) is 4.90 Å². The van der Waals surface area contributed by atoms with E-state index in [9.17, 15) is 9.18 Å². The minimum atomic E-state index is -0.227. The van der Waals surface area contributed by atoms with E-state index in [1.54, 1.807) is 30.6 Å². The first-order valence-corrected chi connectivity index (χ1v) is 8.26. The van der Waals surface area contributed by atoms with Crippen molar-refractivity contribution in [3.05, 3.63) is 54.1 Å². The summed E-state index contributed by atoms with van der Waals surface area (Å²) in [6.45, 7) is 2.92. The number of hydrogen-bond donors (Lipinski definition) is 0. The lowest BCUT2D eigenvalue weighted by Gasteiger charge is -2.34. The van der Waals surface area contributed by atoms with Crippen LogP contribution >= 0.6 is 0 Å². The third-order valence-corrected chi connectivity index (χ3v) is 4.24. The number of nitrogens with zero attached hydrogens (tertiary/aromatic N) is 4. The number of carbonyl (C=O) groups excluding carboxylic acids is 1. The predicted molar refractivity (Wildman–Crippen MR) is 90.2 cm³/mol. The molecule has 0 N–H and O–H groups in total. The van der Waals surface area contributed by atoms with Gasteiger partial charge in [-0.1, -0.05) is 12.1 Å². The molecule has 1 aliphatic heterocycles. The number of anilines is 1. The molecule has 0 atom stereocenters. The van der Waals surface area contributed by atoms with Gasteiger partial charge < -0.3 is 9.80 Å². The molecule has 2 heterocycles. The Kier molecular flexibility index (Phi) is 5.36. The first-order chi connectivity index (χ1) is 11.7. The van der Waals surface area contributed by atoms with Crippen LogP contribution in [0.5, 0.6) is 0 Å². The molecule has 0 radical (unpaired) electrons. The van der Waals surface area contributed by atoms with Gasteiger partial charge in [0.25, 0.3) is 0 Å². The van der Waals surface area contributed by atoms with E-state index in [2.05, 4.69) is 14.9 Å². The van der Waals surface area contributed by atoms with Crippen molar-refractivity contribution in [3.63, 3.8) is 0 Å². The molecule has 3 rings (SSSR count). The van der Waals surface area contributed by atoms with Gasteiger partial charge in [0.05, 0.1) is 0 Å². The molecule has 0 saturated carbocycles. The lowest BCUT2D eigenvalue weighted by molar-refractivity contribution is -0.131. The summed E-state index contributed by atoms with van der Waals surface area (Å²) in [5.74, 6) is 0.682. The Balaban J connectivity index is 1.41. The summed E-state index contributed by atoms with van der Waals surface area (Å²) < 4.78 is 12.9. The van der Waals surface area contributed by atoms with Crippen LogP contribution in [-0.2, 0) is 11.2 Å². The van der Waals surface area contributed by atoms with Gasteiger partial charge in [0.2, 0.25) is 11.9 Å². The lowest BCUT2D eigenvalue weighted by atomic mass is 10.1. The van der Waals surface area contributed by atoms with Crippen LogP contribution in [-0.4, -0.2) is 47.0 Å². The van der Waals surface area contributed by atoms with Crippen molar-refractivity contribution in [3.8, 4) is 0 Å². The van der Waals surface area contributed by atoms with Crippen LogP contribution in [0.4, 0.5) is 10.3 Å². The maximum absolute atomic E-state index is 12.9. The fraction of sp³-hybridized carbons (Fsp3) is 0.389. The molecule has 1 aromatic carbocycles. The van der Waals surface area contributed by atoms with E-state index in [0.717, 1.165) is 37.4 Å². The van der Waals surface area contributed by atoms with Crippen molar-refractivity contribution in [1.82, 2.24) is 14.9 Å². The summed E-state index contributed by atoms with van der Waals surface area (Å²) in [5.41, 5.74) is 1.07. The molecule has 1 saturated heterocycles. The highest BCUT2D eigenvalue weighted by Gasteiger charge is 2.21. The topological polar surface area (TPSA) is 49.3 Å². The normalized spacial score (nSPS) is 14.7. The Hall–Kier alpha value is -2.50. The Morgan fingerprint density at radius 2 is 1.71 bits per heavy atom. The average Bonchev–Trinajstić information content (AvgIpc) is 2.64. The van der Waals surface area contributed by atoms with Crippen molar-refractivity contribution >= 4 is 11.9 Å². The number of halogens is 1. The van der Waals surface area contributed by atoms with Gasteiger partial charge in [-0.2, -0.15) is 0 Å². The van der Waals surface area contributed by atoms with Crippen molar-refractivity contribution in [2.45, 2.75) is 19.3 Å². The number of piperazine rings is 1. The number of aryl methyl sites for hydroxylation is 1. The molecule has 1 amide bonds. The van der Waals surface area contributed by atoms with Crippen LogP contribution in [0, 0.1) is 5.82 Å². The van der Waals surface area contributed by atoms with Gasteiger partial charge in [0.15, 0.2) is 0 Å². The lowest BCUT2D eigenvalue weighted by Crippen LogP contribution is -2.49. The van der Waals surface area contributed by atoms with Gasteiger partial charge >= 0.3 is 0 Å². The van der Waals surface area contributed by atoms with E-state index in [0.29, 0.717) is 19.5 Å². The predicted octanol–water partition coefficient (Wildman–Crippen LogP) is 2.29. The van der Waals surface area contributed by atoms with E-state index in [-0.39, 0.29) is 11.7 Å². The first-order valence-electron chi connectivity index (χ1n) is 8.26. The van der Waals surface area contributed by atoms with Gasteiger partial charge in [-0.3, -0.25) is 4.79 Å². The molecule has 0 bridgehead atoms. The van der Waals surface area contributed by atoms with Crippen LogP contribution < -0.4 is 4.90 Å². The van der Waals surface area contributed by atoms with Crippen LogP contribution in [0.1, 0.15) is 18.4 Å². The molecule has 1 fully saturated rings. The smallest absolute Gasteiger partial charge is 0.225 e. The van der Waals surface area contributed by atoms with E-state index >= 15 is 0 Å². The molecule has 2 aromatic rings. The standard InChI is InChI=1S/C18H21FN4O/c19-16-7-5-15(6-8-16)3-1-4-17(24)22-11-13-23(14-12-22)18-20-9-2-10-21-18/h2,5-10H,1,3-4,11-14H2. The number of rotatable bonds is 5. The zero-order valence-corrected chi connectivity index (χ0v) is 13.6. The Labute approximate surface area is 141 Å². The molecule has 0 aliphatic carbocycles. The number of aromatic nitrogens is 2. The summed E-state index contributed by atoms with van der Waals surface area (Å²) >= 11 is 0. The Morgan fingerprint density at radius 3 is 2.38 bits per heavy atom. The molecule has 6 heteroatoms. The average molecular weight is 328 g/mol. The molecule has 0 spiro atoms. The SMILES string of the molecule is O=C(CCCc1ccc(F)cc1)N1CCN(c2ncccn2)CC1. The zero-order chi connectivity index (χ0) is 16.8. The second-order valence-corrected chi connectivity index (χ2v) is 5.90. The summed E-state index contributed by atoms with van der Waals surface area (Å²) in [7, 11) is 0. The quantitative estimate of drug-likeness (QED) is 0.845. The Morgan fingerprint density at radius 1 is 1.04 bits per heavy atom. The summed E-state index contributed by atoms with van der Waals surface area (Å²) in [5, 5.41) is 0. The van der Waals surface area contributed by atoms with Gasteiger partial charge in [0, 0.05) is 45.0 Å². The van der Waals surface area contributed by atoms with Crippen molar-refractivity contribution in [2.24, 2.45) is 0 Å². The summed E-state index contributed by atoms with van der Waals surface area (Å²) in [4.78, 5) is 24.8. The van der Waals surface area contributed by atoms with Gasteiger partial charge in [-0.05, 0) is 36.6 Å². The monoisotopic (exact) mass is 328 g/mol. The Bertz CT molecular complexity index is 654. The molecule has 24 heavy (non-hydrogen) atoms. The number of carbonyl (C=O) groups is 1. The number of amides is 1. The molecule has 5 nitrogen and oxygen atoms in total. The van der Waals surface area contributed by atoms with Gasteiger partial charge in [-0.15, -0.1) is 0 Å². The minimum absolute atomic E-state index is 0.186. The fourth-order valence-electron chi connectivity index (χ4n) is 2.86. The maximum Gasteiger partial charge on any atom is 0.225 e. The second-order valence-electron chi connectivity index (χ2n) is 5.90. The minimum Gasteiger partial charge on any atom is -0.339 e. The highest BCUT2D eigenvalue weighted by atomic mass is 19.1. The fourth-order valence-corrected chi connectivity index (χ4v) is 2.86. The maximum atomic E-state index is 12.9. The zero-order valence-electron chi connectivity index (χ0n) is 13.6. The van der Waals surface area contributed by atoms with Gasteiger partial charge in [0.1, 0.15) is 5.82 Å². The first kappa shape index (κ1) is 16.4.